The zero-order valence-corrected chi connectivity index (χ0v) is 17.1. The highest BCUT2D eigenvalue weighted by Gasteiger charge is 2.56. The second-order valence-corrected chi connectivity index (χ2v) is 8.14. The van der Waals surface area contributed by atoms with E-state index in [9.17, 15) is 22.7 Å². The molecular formula is C22H21F4N3O2. The molecule has 1 unspecified atom stereocenters. The number of halogens is 4. The van der Waals surface area contributed by atoms with Gasteiger partial charge in [-0.25, -0.2) is 9.37 Å². The Morgan fingerprint density at radius 1 is 1.19 bits per heavy atom. The van der Waals surface area contributed by atoms with Crippen molar-refractivity contribution in [2.45, 2.75) is 43.9 Å². The van der Waals surface area contributed by atoms with Gasteiger partial charge in [-0.15, -0.1) is 0 Å². The summed E-state index contributed by atoms with van der Waals surface area (Å²) in [5.74, 6) is -0.391. The summed E-state index contributed by atoms with van der Waals surface area (Å²) in [7, 11) is 1.34. The molecule has 2 aromatic heterocycles. The number of H-pyrrole nitrogens is 1. The van der Waals surface area contributed by atoms with E-state index in [1.54, 1.807) is 0 Å². The average molecular weight is 435 g/mol. The van der Waals surface area contributed by atoms with Gasteiger partial charge < -0.3 is 14.8 Å². The predicted molar refractivity (Wildman–Crippen MR) is 106 cm³/mol. The minimum Gasteiger partial charge on any atom is -0.496 e. The third kappa shape index (κ3) is 4.35. The number of pyridine rings is 1. The Hall–Kier alpha value is -3.12. The minimum absolute atomic E-state index is 0.0698. The van der Waals surface area contributed by atoms with Crippen LogP contribution in [0.3, 0.4) is 0 Å². The van der Waals surface area contributed by atoms with Gasteiger partial charge in [-0.05, 0) is 42.2 Å². The summed E-state index contributed by atoms with van der Waals surface area (Å²) in [6.07, 6.45) is -5.13. The monoisotopic (exact) mass is 435 g/mol. The highest BCUT2D eigenvalue weighted by atomic mass is 19.4. The van der Waals surface area contributed by atoms with Crippen molar-refractivity contribution in [1.29, 1.82) is 5.26 Å². The zero-order chi connectivity index (χ0) is 23.0. The summed E-state index contributed by atoms with van der Waals surface area (Å²) in [5, 5.41) is 20.4. The fourth-order valence-corrected chi connectivity index (χ4v) is 3.91. The topological polar surface area (TPSA) is 81.9 Å². The molecule has 0 aliphatic carbocycles. The quantitative estimate of drug-likeness (QED) is 0.546. The number of rotatable bonds is 6. The molecule has 1 atom stereocenters. The highest BCUT2D eigenvalue weighted by Crippen LogP contribution is 2.45. The first kappa shape index (κ1) is 22.6. The van der Waals surface area contributed by atoms with Crippen molar-refractivity contribution in [3.8, 4) is 11.8 Å². The van der Waals surface area contributed by atoms with Gasteiger partial charge in [-0.2, -0.15) is 18.4 Å². The summed E-state index contributed by atoms with van der Waals surface area (Å²) in [4.78, 5) is 6.71. The molecule has 31 heavy (non-hydrogen) atoms. The standard InChI is InChI=1S/C22H21F4N3O2/c1-20(2,16-8-13(23)4-5-19(16)31-3)12-21(30,22(24,25)26)10-14-9-15-17(29-14)6-7-28-18(15)11-27/h4-9,29-30H,10,12H2,1-3H3. The number of fused-ring (bicyclic) bond motifs is 1. The number of benzene rings is 1. The largest absolute Gasteiger partial charge is 0.496 e. The lowest BCUT2D eigenvalue weighted by Gasteiger charge is -2.38. The molecule has 0 saturated heterocycles. The van der Waals surface area contributed by atoms with Crippen LogP contribution in [0, 0.1) is 17.1 Å². The summed E-state index contributed by atoms with van der Waals surface area (Å²) >= 11 is 0. The smallest absolute Gasteiger partial charge is 0.417 e. The van der Waals surface area contributed by atoms with Crippen molar-refractivity contribution in [2.75, 3.05) is 7.11 Å². The van der Waals surface area contributed by atoms with E-state index in [0.717, 1.165) is 12.1 Å². The molecule has 0 saturated carbocycles. The molecule has 0 amide bonds. The third-order valence-electron chi connectivity index (χ3n) is 5.35. The summed E-state index contributed by atoms with van der Waals surface area (Å²) in [6.45, 7) is 2.98. The van der Waals surface area contributed by atoms with Gasteiger partial charge in [0.25, 0.3) is 0 Å². The molecule has 0 aliphatic rings. The van der Waals surface area contributed by atoms with Crippen molar-refractivity contribution < 1.29 is 27.4 Å². The van der Waals surface area contributed by atoms with Crippen molar-refractivity contribution >= 4 is 10.9 Å². The summed E-state index contributed by atoms with van der Waals surface area (Å²) in [5.41, 5.74) is -3.60. The Bertz CT molecular complexity index is 1150. The fourth-order valence-electron chi connectivity index (χ4n) is 3.91. The lowest BCUT2D eigenvalue weighted by molar-refractivity contribution is -0.266. The van der Waals surface area contributed by atoms with E-state index in [0.29, 0.717) is 10.9 Å². The van der Waals surface area contributed by atoms with Gasteiger partial charge in [0.05, 0.1) is 12.6 Å². The maximum atomic E-state index is 14.1. The molecule has 0 spiro atoms. The van der Waals surface area contributed by atoms with E-state index < -0.39 is 35.9 Å². The van der Waals surface area contributed by atoms with Crippen LogP contribution in [0.1, 0.15) is 37.2 Å². The van der Waals surface area contributed by atoms with E-state index in [2.05, 4.69) is 9.97 Å². The second kappa shape index (κ2) is 7.85. The van der Waals surface area contributed by atoms with Gasteiger partial charge in [0, 0.05) is 29.3 Å². The van der Waals surface area contributed by atoms with Gasteiger partial charge >= 0.3 is 6.18 Å². The molecule has 0 radical (unpaired) electrons. The third-order valence-corrected chi connectivity index (χ3v) is 5.35. The van der Waals surface area contributed by atoms with Crippen LogP contribution >= 0.6 is 0 Å². The SMILES string of the molecule is COc1ccc(F)cc1C(C)(C)CC(O)(Cc1cc2c(C#N)nccc2[nH]1)C(F)(F)F. The maximum absolute atomic E-state index is 14.1. The van der Waals surface area contributed by atoms with Crippen molar-refractivity contribution in [1.82, 2.24) is 9.97 Å². The molecule has 9 heteroatoms. The van der Waals surface area contributed by atoms with Crippen molar-refractivity contribution in [3.05, 3.63) is 59.3 Å². The van der Waals surface area contributed by atoms with Crippen LogP contribution in [-0.2, 0) is 11.8 Å². The van der Waals surface area contributed by atoms with E-state index >= 15 is 0 Å². The lowest BCUT2D eigenvalue weighted by Crippen LogP contribution is -2.51. The number of methoxy groups -OCH3 is 1. The molecule has 3 aromatic rings. The Labute approximate surface area is 176 Å². The number of aromatic amines is 1. The van der Waals surface area contributed by atoms with Crippen LogP contribution in [0.4, 0.5) is 17.6 Å². The number of ether oxygens (including phenoxy) is 1. The number of nitrogens with zero attached hydrogens (tertiary/aromatic N) is 2. The van der Waals surface area contributed by atoms with Crippen LogP contribution in [0.2, 0.25) is 0 Å². The van der Waals surface area contributed by atoms with E-state index in [4.69, 9.17) is 10.00 Å². The Kier molecular flexibility index (Phi) is 5.72. The molecular weight excluding hydrogens is 414 g/mol. The number of hydrogen-bond donors (Lipinski definition) is 2. The van der Waals surface area contributed by atoms with Crippen LogP contribution in [0.15, 0.2) is 36.5 Å². The molecule has 0 aliphatic heterocycles. The summed E-state index contributed by atoms with van der Waals surface area (Å²) in [6, 6.07) is 8.41. The van der Waals surface area contributed by atoms with Crippen molar-refractivity contribution in [3.63, 3.8) is 0 Å². The second-order valence-electron chi connectivity index (χ2n) is 8.14. The molecule has 0 fully saturated rings. The number of alkyl halides is 3. The van der Waals surface area contributed by atoms with Gasteiger partial charge in [-0.1, -0.05) is 13.8 Å². The highest BCUT2D eigenvalue weighted by molar-refractivity contribution is 5.84. The first-order valence-electron chi connectivity index (χ1n) is 9.40. The average Bonchev–Trinajstić information content (AvgIpc) is 3.08. The number of hydrogen-bond acceptors (Lipinski definition) is 4. The van der Waals surface area contributed by atoms with Crippen LogP contribution < -0.4 is 4.74 Å². The van der Waals surface area contributed by atoms with Crippen LogP contribution in [0.25, 0.3) is 10.9 Å². The molecule has 0 bridgehead atoms. The fraction of sp³-hybridized carbons (Fsp3) is 0.364. The Morgan fingerprint density at radius 2 is 1.90 bits per heavy atom. The van der Waals surface area contributed by atoms with Gasteiger partial charge in [0.1, 0.15) is 23.3 Å². The van der Waals surface area contributed by atoms with Gasteiger partial charge in [0.15, 0.2) is 5.60 Å². The molecule has 3 rings (SSSR count). The van der Waals surface area contributed by atoms with E-state index in [1.165, 1.54) is 45.4 Å². The molecule has 2 heterocycles. The molecule has 164 valence electrons. The normalized spacial score (nSPS) is 14.3. The Morgan fingerprint density at radius 3 is 2.52 bits per heavy atom. The number of nitriles is 1. The van der Waals surface area contributed by atoms with E-state index in [-0.39, 0.29) is 22.7 Å². The van der Waals surface area contributed by atoms with Gasteiger partial charge in [0.2, 0.25) is 0 Å². The van der Waals surface area contributed by atoms with Crippen molar-refractivity contribution in [2.24, 2.45) is 0 Å². The lowest BCUT2D eigenvalue weighted by atomic mass is 9.73. The molecule has 1 aromatic carbocycles. The van der Waals surface area contributed by atoms with E-state index in [1.807, 2.05) is 6.07 Å². The molecule has 2 N–H and O–H groups in total. The Balaban J connectivity index is 2.02. The van der Waals surface area contributed by atoms with Gasteiger partial charge in [-0.3, -0.25) is 0 Å². The number of aromatic nitrogens is 2. The first-order valence-corrected chi connectivity index (χ1v) is 9.40. The number of nitrogens with one attached hydrogen (secondary N) is 1. The number of aliphatic hydroxyl groups is 1. The molecule has 5 nitrogen and oxygen atoms in total. The van der Waals surface area contributed by atoms with Crippen LogP contribution in [-0.4, -0.2) is 34.0 Å². The summed E-state index contributed by atoms with van der Waals surface area (Å²) < 4.78 is 61.2. The minimum atomic E-state index is -4.97. The predicted octanol–water partition coefficient (Wildman–Crippen LogP) is 4.79. The first-order chi connectivity index (χ1) is 14.4. The van der Waals surface area contributed by atoms with Crippen LogP contribution in [0.5, 0.6) is 5.75 Å². The zero-order valence-electron chi connectivity index (χ0n) is 17.1. The maximum Gasteiger partial charge on any atom is 0.417 e.